The van der Waals surface area contributed by atoms with Crippen LogP contribution in [0.3, 0.4) is 0 Å². The summed E-state index contributed by atoms with van der Waals surface area (Å²) in [6, 6.07) is 0. The molecule has 0 aromatic heterocycles. The van der Waals surface area contributed by atoms with Gasteiger partial charge in [-0.3, -0.25) is 9.59 Å². The summed E-state index contributed by atoms with van der Waals surface area (Å²) in [7, 11) is 0. The van der Waals surface area contributed by atoms with E-state index in [0.29, 0.717) is 6.42 Å². The Kier molecular flexibility index (Phi) is 6.20. The summed E-state index contributed by atoms with van der Waals surface area (Å²) in [6.45, 7) is 1.51. The van der Waals surface area contributed by atoms with Gasteiger partial charge in [0.05, 0.1) is 6.42 Å². The van der Waals surface area contributed by atoms with Gasteiger partial charge in [-0.25, -0.2) is 0 Å². The number of ether oxygens (including phenoxy) is 2. The minimum Gasteiger partial charge on any atom is -0.462 e. The molecule has 4 nitrogen and oxygen atoms in total. The van der Waals surface area contributed by atoms with Gasteiger partial charge >= 0.3 is 11.9 Å². The van der Waals surface area contributed by atoms with E-state index < -0.39 is 0 Å². The Bertz CT molecular complexity index is 309. The van der Waals surface area contributed by atoms with Crippen molar-refractivity contribution in [2.45, 2.75) is 22.9 Å². The molecule has 1 fully saturated rings. The highest BCUT2D eigenvalue weighted by Crippen LogP contribution is 2.53. The average Bonchev–Trinajstić information content (AvgIpc) is 2.72. The van der Waals surface area contributed by atoms with Crippen molar-refractivity contribution in [2.24, 2.45) is 5.92 Å². The number of carbonyl (C=O) groups is 2. The smallest absolute Gasteiger partial charge is 0.306 e. The number of cyclic esters (lactones) is 1. The molecule has 0 saturated carbocycles. The highest BCUT2D eigenvalue weighted by atomic mass is 32.3. The third-order valence-corrected chi connectivity index (χ3v) is 8.49. The molecule has 7 heteroatoms. The fourth-order valence-electron chi connectivity index (χ4n) is 2.02. The summed E-state index contributed by atoms with van der Waals surface area (Å²) in [5.74, 6) is -0.511. The Labute approximate surface area is 120 Å². The van der Waals surface area contributed by atoms with Crippen molar-refractivity contribution in [2.75, 3.05) is 25.4 Å². The predicted molar refractivity (Wildman–Crippen MR) is 77.9 cm³/mol. The number of hydrogen-bond acceptors (Lipinski definition) is 7. The third-order valence-electron chi connectivity index (χ3n) is 2.88. The molecule has 2 atom stereocenters. The topological polar surface area (TPSA) is 52.6 Å². The van der Waals surface area contributed by atoms with Crippen LogP contribution >= 0.6 is 35.3 Å². The Balaban J connectivity index is 2.82. The maximum absolute atomic E-state index is 11.5. The van der Waals surface area contributed by atoms with E-state index >= 15 is 0 Å². The zero-order valence-electron chi connectivity index (χ0n) is 10.9. The zero-order chi connectivity index (χ0) is 13.8. The molecule has 0 amide bonds. The van der Waals surface area contributed by atoms with Gasteiger partial charge < -0.3 is 9.47 Å². The Morgan fingerprint density at radius 3 is 2.39 bits per heavy atom. The van der Waals surface area contributed by atoms with Crippen LogP contribution in [0.5, 0.6) is 0 Å². The van der Waals surface area contributed by atoms with E-state index in [2.05, 4.69) is 0 Å². The molecule has 1 aliphatic heterocycles. The molecule has 1 heterocycles. The summed E-state index contributed by atoms with van der Waals surface area (Å²) in [5, 5.41) is 0. The highest BCUT2D eigenvalue weighted by Gasteiger charge is 2.49. The van der Waals surface area contributed by atoms with Crippen LogP contribution in [0.15, 0.2) is 0 Å². The molecule has 0 aromatic rings. The van der Waals surface area contributed by atoms with Gasteiger partial charge in [0.15, 0.2) is 0 Å². The number of thioether (sulfide) groups is 3. The van der Waals surface area contributed by atoms with E-state index in [4.69, 9.17) is 9.47 Å². The van der Waals surface area contributed by atoms with Crippen LogP contribution in [0.25, 0.3) is 0 Å². The monoisotopic (exact) mass is 310 g/mol. The molecule has 0 aliphatic carbocycles. The lowest BCUT2D eigenvalue weighted by Gasteiger charge is -2.35. The van der Waals surface area contributed by atoms with E-state index in [-0.39, 0.29) is 34.0 Å². The lowest BCUT2D eigenvalue weighted by molar-refractivity contribution is -0.151. The molecule has 104 valence electrons. The summed E-state index contributed by atoms with van der Waals surface area (Å²) >= 11 is 5.12. The van der Waals surface area contributed by atoms with Crippen molar-refractivity contribution < 1.29 is 19.1 Å². The van der Waals surface area contributed by atoms with Gasteiger partial charge in [0.1, 0.15) is 16.1 Å². The van der Waals surface area contributed by atoms with Crippen LogP contribution in [-0.4, -0.2) is 46.8 Å². The van der Waals surface area contributed by atoms with E-state index in [1.54, 1.807) is 35.3 Å². The van der Waals surface area contributed by atoms with E-state index in [1.807, 2.05) is 18.8 Å². The maximum Gasteiger partial charge on any atom is 0.306 e. The first-order valence-electron chi connectivity index (χ1n) is 5.47. The van der Waals surface area contributed by atoms with Crippen LogP contribution in [-0.2, 0) is 19.1 Å². The van der Waals surface area contributed by atoms with Gasteiger partial charge in [0, 0.05) is 12.8 Å². The van der Waals surface area contributed by atoms with Crippen LogP contribution in [0, 0.1) is 5.92 Å². The minimum absolute atomic E-state index is 0.0457. The van der Waals surface area contributed by atoms with Crippen molar-refractivity contribution in [3.8, 4) is 0 Å². The molecule has 1 rings (SSSR count). The molecule has 18 heavy (non-hydrogen) atoms. The molecule has 1 aliphatic rings. The molecular formula is C11H18O4S3. The van der Waals surface area contributed by atoms with Crippen LogP contribution < -0.4 is 0 Å². The molecule has 0 radical (unpaired) electrons. The zero-order valence-corrected chi connectivity index (χ0v) is 13.4. The molecule has 0 unspecified atom stereocenters. The van der Waals surface area contributed by atoms with Gasteiger partial charge in [0.25, 0.3) is 0 Å². The molecule has 0 spiro atoms. The lowest BCUT2D eigenvalue weighted by atomic mass is 10.0. The van der Waals surface area contributed by atoms with Crippen molar-refractivity contribution in [3.05, 3.63) is 0 Å². The van der Waals surface area contributed by atoms with E-state index in [0.717, 1.165) is 0 Å². The molecular weight excluding hydrogens is 292 g/mol. The average molecular weight is 310 g/mol. The second-order valence-electron chi connectivity index (χ2n) is 3.86. The quantitative estimate of drug-likeness (QED) is 0.551. The number of hydrogen-bond donors (Lipinski definition) is 0. The first kappa shape index (κ1) is 16.0. The van der Waals surface area contributed by atoms with Crippen molar-refractivity contribution in [1.82, 2.24) is 0 Å². The minimum atomic E-state index is -0.347. The third kappa shape index (κ3) is 3.51. The predicted octanol–water partition coefficient (Wildman–Crippen LogP) is 2.22. The molecule has 0 aromatic carbocycles. The Morgan fingerprint density at radius 1 is 1.39 bits per heavy atom. The SMILES string of the molecule is CSC(SC)(SC)[C@H]1CC(=O)O[C@@H]1COC(C)=O. The number of rotatable bonds is 6. The van der Waals surface area contributed by atoms with E-state index in [1.165, 1.54) is 6.92 Å². The molecule has 0 N–H and O–H groups in total. The van der Waals surface area contributed by atoms with Crippen molar-refractivity contribution in [1.29, 1.82) is 0 Å². The Hall–Kier alpha value is -0.0100. The van der Waals surface area contributed by atoms with Gasteiger partial charge in [-0.2, -0.15) is 0 Å². The largest absolute Gasteiger partial charge is 0.462 e. The van der Waals surface area contributed by atoms with Gasteiger partial charge in [-0.05, 0) is 18.8 Å². The number of carbonyl (C=O) groups excluding carboxylic acids is 2. The van der Waals surface area contributed by atoms with Crippen LogP contribution in [0.1, 0.15) is 13.3 Å². The summed E-state index contributed by atoms with van der Waals surface area (Å²) in [4.78, 5) is 22.4. The first-order chi connectivity index (χ1) is 8.49. The van der Waals surface area contributed by atoms with Crippen LogP contribution in [0.2, 0.25) is 0 Å². The van der Waals surface area contributed by atoms with Gasteiger partial charge in [0.2, 0.25) is 0 Å². The fraction of sp³-hybridized carbons (Fsp3) is 0.818. The maximum atomic E-state index is 11.5. The summed E-state index contributed by atoms with van der Waals surface area (Å²) < 4.78 is 10.1. The fourth-order valence-corrected chi connectivity index (χ4v) is 5.63. The molecule has 1 saturated heterocycles. The normalized spacial score (nSPS) is 23.9. The standard InChI is InChI=1S/C11H18O4S3/c1-7(12)14-6-9-8(5-10(13)15-9)11(16-2,17-3)18-4/h8-9H,5-6H2,1-4H3/t8-,9+/m0/s1. The summed E-state index contributed by atoms with van der Waals surface area (Å²) in [6.07, 6.45) is 6.12. The lowest BCUT2D eigenvalue weighted by Crippen LogP contribution is -2.36. The first-order valence-corrected chi connectivity index (χ1v) is 9.14. The number of esters is 2. The summed E-state index contributed by atoms with van der Waals surface area (Å²) in [5.41, 5.74) is 0. The second kappa shape index (κ2) is 6.96. The molecule has 0 bridgehead atoms. The van der Waals surface area contributed by atoms with Gasteiger partial charge in [-0.1, -0.05) is 0 Å². The van der Waals surface area contributed by atoms with Crippen LogP contribution in [0.4, 0.5) is 0 Å². The van der Waals surface area contributed by atoms with Crippen molar-refractivity contribution >= 4 is 47.2 Å². The van der Waals surface area contributed by atoms with Gasteiger partial charge in [-0.15, -0.1) is 35.3 Å². The van der Waals surface area contributed by atoms with E-state index in [9.17, 15) is 9.59 Å². The van der Waals surface area contributed by atoms with Crippen molar-refractivity contribution in [3.63, 3.8) is 0 Å². The second-order valence-corrected chi connectivity index (χ2v) is 7.79. The Morgan fingerprint density at radius 2 is 1.94 bits per heavy atom. The highest BCUT2D eigenvalue weighted by molar-refractivity contribution is 8.33.